The van der Waals surface area contributed by atoms with Crippen LogP contribution in [0.25, 0.3) is 39.5 Å². The zero-order chi connectivity index (χ0) is 23.4. The summed E-state index contributed by atoms with van der Waals surface area (Å²) < 4.78 is 24.3. The van der Waals surface area contributed by atoms with Crippen molar-refractivity contribution in [2.24, 2.45) is 0 Å². The highest BCUT2D eigenvalue weighted by molar-refractivity contribution is 5.79. The molecule has 0 unspecified atom stereocenters. The molecule has 35 heavy (non-hydrogen) atoms. The molecule has 1 aliphatic heterocycles. The van der Waals surface area contributed by atoms with Gasteiger partial charge in [0, 0.05) is 17.5 Å². The summed E-state index contributed by atoms with van der Waals surface area (Å²) in [5.41, 5.74) is 4.85. The highest BCUT2D eigenvalue weighted by atomic mass is 19.1. The summed E-state index contributed by atoms with van der Waals surface area (Å²) in [4.78, 5) is 19.0. The number of ether oxygens (including phenoxy) is 1. The van der Waals surface area contributed by atoms with Crippen molar-refractivity contribution < 1.29 is 9.13 Å². The molecular formula is C27H19FN6O. The molecule has 0 bridgehead atoms. The van der Waals surface area contributed by atoms with E-state index < -0.39 is 0 Å². The molecule has 0 radical (unpaired) electrons. The average molecular weight is 462 g/mol. The number of hydrogen-bond acceptors (Lipinski definition) is 5. The molecule has 8 heteroatoms. The zero-order valence-corrected chi connectivity index (χ0v) is 18.5. The van der Waals surface area contributed by atoms with Gasteiger partial charge in [-0.1, -0.05) is 54.6 Å². The van der Waals surface area contributed by atoms with Gasteiger partial charge in [0.25, 0.3) is 0 Å². The Balaban J connectivity index is 1.50. The Labute approximate surface area is 199 Å². The second kappa shape index (κ2) is 7.73. The summed E-state index contributed by atoms with van der Waals surface area (Å²) in [6.07, 6.45) is 4.13. The first-order chi connectivity index (χ1) is 17.3. The quantitative estimate of drug-likeness (QED) is 0.355. The Morgan fingerprint density at radius 3 is 2.63 bits per heavy atom. The molecule has 170 valence electrons. The predicted octanol–water partition coefficient (Wildman–Crippen LogP) is 5.34. The van der Waals surface area contributed by atoms with E-state index in [4.69, 9.17) is 14.7 Å². The fourth-order valence-electron chi connectivity index (χ4n) is 4.84. The van der Waals surface area contributed by atoms with Crippen LogP contribution in [0.15, 0.2) is 85.3 Å². The lowest BCUT2D eigenvalue weighted by atomic mass is 9.99. The molecule has 0 amide bonds. The molecule has 0 aliphatic carbocycles. The molecule has 3 aromatic heterocycles. The molecule has 0 N–H and O–H groups in total. The van der Waals surface area contributed by atoms with Gasteiger partial charge in [0.1, 0.15) is 17.7 Å². The molecule has 0 saturated heterocycles. The molecule has 0 spiro atoms. The van der Waals surface area contributed by atoms with Crippen LogP contribution in [0.3, 0.4) is 0 Å². The number of imidazole rings is 2. The first kappa shape index (κ1) is 19.8. The van der Waals surface area contributed by atoms with Gasteiger partial charge in [0.15, 0.2) is 17.2 Å². The van der Waals surface area contributed by atoms with Crippen molar-refractivity contribution in [3.8, 4) is 23.1 Å². The molecule has 4 heterocycles. The van der Waals surface area contributed by atoms with Crippen LogP contribution < -0.4 is 4.74 Å². The third-order valence-corrected chi connectivity index (χ3v) is 6.43. The van der Waals surface area contributed by atoms with Crippen LogP contribution in [-0.2, 0) is 0 Å². The van der Waals surface area contributed by atoms with Crippen molar-refractivity contribution in [1.29, 1.82) is 0 Å². The minimum Gasteiger partial charge on any atom is -0.490 e. The topological polar surface area (TPSA) is 70.7 Å². The van der Waals surface area contributed by atoms with Gasteiger partial charge in [-0.05, 0) is 18.2 Å². The SMILES string of the molecule is Fc1cccc2c1OCC[C@H]2n1c(-c2ccccc2)nc2cnc(-n3cnc4ccccc43)nc21. The number of para-hydroxylation sites is 3. The summed E-state index contributed by atoms with van der Waals surface area (Å²) in [6, 6.07) is 22.7. The third kappa shape index (κ3) is 3.10. The fourth-order valence-corrected chi connectivity index (χ4v) is 4.84. The van der Waals surface area contributed by atoms with Crippen LogP contribution in [0.1, 0.15) is 18.0 Å². The maximum absolute atomic E-state index is 14.6. The maximum Gasteiger partial charge on any atom is 0.237 e. The highest BCUT2D eigenvalue weighted by Crippen LogP contribution is 2.40. The summed E-state index contributed by atoms with van der Waals surface area (Å²) in [7, 11) is 0. The molecule has 7 rings (SSSR count). The van der Waals surface area contributed by atoms with Gasteiger partial charge in [-0.2, -0.15) is 4.98 Å². The Morgan fingerprint density at radius 1 is 0.857 bits per heavy atom. The van der Waals surface area contributed by atoms with Crippen molar-refractivity contribution >= 4 is 22.2 Å². The van der Waals surface area contributed by atoms with Crippen molar-refractivity contribution in [2.45, 2.75) is 12.5 Å². The van der Waals surface area contributed by atoms with Crippen LogP contribution in [0.2, 0.25) is 0 Å². The van der Waals surface area contributed by atoms with Crippen LogP contribution in [0.5, 0.6) is 5.75 Å². The van der Waals surface area contributed by atoms with Gasteiger partial charge in [0.05, 0.1) is 29.9 Å². The van der Waals surface area contributed by atoms with E-state index in [2.05, 4.69) is 14.5 Å². The van der Waals surface area contributed by atoms with Gasteiger partial charge in [0.2, 0.25) is 5.95 Å². The monoisotopic (exact) mass is 462 g/mol. The predicted molar refractivity (Wildman–Crippen MR) is 130 cm³/mol. The summed E-state index contributed by atoms with van der Waals surface area (Å²) in [5, 5.41) is 0. The van der Waals surface area contributed by atoms with Gasteiger partial charge < -0.3 is 9.30 Å². The third-order valence-electron chi connectivity index (χ3n) is 6.43. The number of fused-ring (bicyclic) bond motifs is 3. The van der Waals surface area contributed by atoms with E-state index in [0.717, 1.165) is 28.0 Å². The van der Waals surface area contributed by atoms with Crippen LogP contribution in [-0.4, -0.2) is 35.7 Å². The van der Waals surface area contributed by atoms with E-state index in [9.17, 15) is 4.39 Å². The Bertz CT molecular complexity index is 1710. The molecule has 1 atom stereocenters. The van der Waals surface area contributed by atoms with E-state index in [1.165, 1.54) is 6.07 Å². The molecule has 0 saturated carbocycles. The van der Waals surface area contributed by atoms with E-state index in [-0.39, 0.29) is 11.9 Å². The number of hydrogen-bond donors (Lipinski definition) is 0. The average Bonchev–Trinajstić information content (AvgIpc) is 3.51. The molecule has 1 aliphatic rings. The second-order valence-corrected chi connectivity index (χ2v) is 8.46. The minimum atomic E-state index is -0.363. The van der Waals surface area contributed by atoms with Crippen LogP contribution in [0.4, 0.5) is 4.39 Å². The van der Waals surface area contributed by atoms with Gasteiger partial charge in [-0.15, -0.1) is 0 Å². The largest absolute Gasteiger partial charge is 0.490 e. The summed E-state index contributed by atoms with van der Waals surface area (Å²) in [6.45, 7) is 0.399. The zero-order valence-electron chi connectivity index (χ0n) is 18.5. The number of nitrogens with zero attached hydrogens (tertiary/aromatic N) is 6. The minimum absolute atomic E-state index is 0.197. The van der Waals surface area contributed by atoms with Crippen molar-refractivity contribution in [2.75, 3.05) is 6.61 Å². The van der Waals surface area contributed by atoms with Gasteiger partial charge >= 0.3 is 0 Å². The smallest absolute Gasteiger partial charge is 0.237 e. The standard InChI is InChI=1S/C27H19FN6O/c28-19-10-6-9-18-22(13-14-35-24(18)19)34-25(17-7-2-1-3-8-17)31-21-15-29-27(32-26(21)34)33-16-30-20-11-4-5-12-23(20)33/h1-12,15-16,22H,13-14H2/t22-/m1/s1. The Kier molecular flexibility index (Phi) is 4.38. The Hall–Kier alpha value is -4.59. The number of benzene rings is 3. The first-order valence-corrected chi connectivity index (χ1v) is 11.4. The highest BCUT2D eigenvalue weighted by Gasteiger charge is 2.30. The van der Waals surface area contributed by atoms with E-state index >= 15 is 0 Å². The molecule has 3 aromatic carbocycles. The lowest BCUT2D eigenvalue weighted by Gasteiger charge is -2.28. The number of halogens is 1. The first-order valence-electron chi connectivity index (χ1n) is 11.4. The number of aromatic nitrogens is 6. The molecule has 7 nitrogen and oxygen atoms in total. The van der Waals surface area contributed by atoms with Crippen molar-refractivity contribution in [3.63, 3.8) is 0 Å². The molecular weight excluding hydrogens is 443 g/mol. The van der Waals surface area contributed by atoms with E-state index in [1.54, 1.807) is 18.6 Å². The van der Waals surface area contributed by atoms with Gasteiger partial charge in [-0.25, -0.2) is 19.3 Å². The number of rotatable bonds is 3. The lowest BCUT2D eigenvalue weighted by molar-refractivity contribution is 0.246. The van der Waals surface area contributed by atoms with E-state index in [0.29, 0.717) is 35.9 Å². The van der Waals surface area contributed by atoms with Crippen LogP contribution >= 0.6 is 0 Å². The van der Waals surface area contributed by atoms with Crippen molar-refractivity contribution in [1.82, 2.24) is 29.1 Å². The normalized spacial score (nSPS) is 15.3. The second-order valence-electron chi connectivity index (χ2n) is 8.46. The lowest BCUT2D eigenvalue weighted by Crippen LogP contribution is -2.22. The maximum atomic E-state index is 14.6. The van der Waals surface area contributed by atoms with E-state index in [1.807, 2.05) is 65.2 Å². The molecule has 6 aromatic rings. The fraction of sp³-hybridized carbons (Fsp3) is 0.111. The summed E-state index contributed by atoms with van der Waals surface area (Å²) >= 11 is 0. The van der Waals surface area contributed by atoms with Crippen molar-refractivity contribution in [3.05, 3.63) is 96.7 Å². The molecule has 0 fully saturated rings. The van der Waals surface area contributed by atoms with Crippen LogP contribution in [0, 0.1) is 5.82 Å². The van der Waals surface area contributed by atoms with Gasteiger partial charge in [-0.3, -0.25) is 4.57 Å². The summed E-state index contributed by atoms with van der Waals surface area (Å²) in [5.74, 6) is 1.18. The Morgan fingerprint density at radius 2 is 1.71 bits per heavy atom.